The molecule has 0 aromatic heterocycles. The first-order valence-corrected chi connectivity index (χ1v) is 8.93. The fraction of sp³-hybridized carbons (Fsp3) is 0.882. The minimum absolute atomic E-state index is 0.185. The third kappa shape index (κ3) is 12.0. The third-order valence-electron chi connectivity index (χ3n) is 3.98. The quantitative estimate of drug-likeness (QED) is 0.313. The molecule has 0 radical (unpaired) electrons. The van der Waals surface area contributed by atoms with Crippen LogP contribution in [0.1, 0.15) is 19.3 Å². The lowest BCUT2D eigenvalue weighted by Gasteiger charge is -2.29. The topological polar surface area (TPSA) is 94.5 Å². The van der Waals surface area contributed by atoms with Gasteiger partial charge in [0.25, 0.3) is 0 Å². The molecule has 0 aromatic rings. The predicted octanol–water partition coefficient (Wildman–Crippen LogP) is 0.438. The molecular weight excluding hydrogens is 330 g/mol. The lowest BCUT2D eigenvalue weighted by molar-refractivity contribution is -0.143. The molecule has 0 unspecified atom stereocenters. The smallest absolute Gasteiger partial charge is 0.306 e. The average molecular weight is 361 g/mol. The molecule has 1 rings (SSSR count). The summed E-state index contributed by atoms with van der Waals surface area (Å²) in [5.41, 5.74) is 0. The van der Waals surface area contributed by atoms with Crippen LogP contribution in [0.5, 0.6) is 0 Å². The van der Waals surface area contributed by atoms with Crippen molar-refractivity contribution in [3.05, 3.63) is 0 Å². The normalized spacial score (nSPS) is 16.2. The summed E-state index contributed by atoms with van der Waals surface area (Å²) < 4.78 is 21.4. The summed E-state index contributed by atoms with van der Waals surface area (Å²) >= 11 is 0. The number of carboxylic acids is 1. The number of aldehydes is 1. The Balaban J connectivity index is 1.76. The van der Waals surface area contributed by atoms with E-state index in [9.17, 15) is 9.59 Å². The fourth-order valence-corrected chi connectivity index (χ4v) is 2.49. The first-order valence-electron chi connectivity index (χ1n) is 8.93. The highest BCUT2D eigenvalue weighted by atomic mass is 16.6. The van der Waals surface area contributed by atoms with Crippen LogP contribution in [-0.4, -0.2) is 94.8 Å². The van der Waals surface area contributed by atoms with Crippen LogP contribution in [0.15, 0.2) is 0 Å². The highest BCUT2D eigenvalue weighted by Crippen LogP contribution is 2.16. The van der Waals surface area contributed by atoms with E-state index in [0.29, 0.717) is 59.3 Å². The zero-order valence-electron chi connectivity index (χ0n) is 14.9. The number of hydrogen-bond donors (Lipinski definition) is 1. The molecule has 0 spiro atoms. The molecule has 1 aliphatic heterocycles. The molecule has 1 heterocycles. The van der Waals surface area contributed by atoms with E-state index in [1.807, 2.05) is 0 Å². The van der Waals surface area contributed by atoms with Crippen molar-refractivity contribution in [2.45, 2.75) is 19.3 Å². The molecule has 1 saturated heterocycles. The minimum atomic E-state index is -0.678. The number of carboxylic acid groups (broad SMARTS) is 1. The minimum Gasteiger partial charge on any atom is -0.481 e. The Morgan fingerprint density at radius 3 is 1.84 bits per heavy atom. The summed E-state index contributed by atoms with van der Waals surface area (Å²) in [5.74, 6) is -0.863. The number of nitrogens with zero attached hydrogens (tertiary/aromatic N) is 1. The number of piperidine rings is 1. The summed E-state index contributed by atoms with van der Waals surface area (Å²) in [6.07, 6.45) is 2.70. The average Bonchev–Trinajstić information content (AvgIpc) is 2.62. The van der Waals surface area contributed by atoms with Gasteiger partial charge in [0, 0.05) is 13.0 Å². The zero-order chi connectivity index (χ0) is 18.2. The van der Waals surface area contributed by atoms with E-state index in [4.69, 9.17) is 24.1 Å². The summed E-state index contributed by atoms with van der Waals surface area (Å²) in [4.78, 5) is 23.2. The number of carbonyl (C=O) groups excluding carboxylic acids is 1. The molecule has 0 aromatic carbocycles. The summed E-state index contributed by atoms with van der Waals surface area (Å²) in [5, 5.41) is 8.95. The van der Waals surface area contributed by atoms with Gasteiger partial charge in [-0.3, -0.25) is 4.79 Å². The van der Waals surface area contributed by atoms with Crippen LogP contribution in [0.3, 0.4) is 0 Å². The maximum Gasteiger partial charge on any atom is 0.306 e. The van der Waals surface area contributed by atoms with E-state index < -0.39 is 5.97 Å². The van der Waals surface area contributed by atoms with Crippen molar-refractivity contribution in [3.8, 4) is 0 Å². The SMILES string of the molecule is O=CCCOCCOCCOCCOCCN1CCC(C(=O)O)CC1. The van der Waals surface area contributed by atoms with E-state index in [-0.39, 0.29) is 5.92 Å². The Labute approximate surface area is 149 Å². The van der Waals surface area contributed by atoms with E-state index in [1.54, 1.807) is 0 Å². The molecule has 146 valence electrons. The number of ether oxygens (including phenoxy) is 4. The molecule has 1 fully saturated rings. The molecule has 0 bridgehead atoms. The van der Waals surface area contributed by atoms with Gasteiger partial charge in [-0.1, -0.05) is 0 Å². The van der Waals surface area contributed by atoms with Crippen LogP contribution in [0.25, 0.3) is 0 Å². The highest BCUT2D eigenvalue weighted by Gasteiger charge is 2.23. The monoisotopic (exact) mass is 361 g/mol. The summed E-state index contributed by atoms with van der Waals surface area (Å²) in [6.45, 7) is 6.64. The second kappa shape index (κ2) is 15.2. The Bertz CT molecular complexity index is 346. The molecule has 0 saturated carbocycles. The Hall–Kier alpha value is -1.06. The number of aliphatic carboxylic acids is 1. The van der Waals surface area contributed by atoms with Crippen molar-refractivity contribution >= 4 is 12.3 Å². The van der Waals surface area contributed by atoms with E-state index in [1.165, 1.54) is 0 Å². The third-order valence-corrected chi connectivity index (χ3v) is 3.98. The van der Waals surface area contributed by atoms with E-state index in [2.05, 4.69) is 4.90 Å². The number of carbonyl (C=O) groups is 2. The van der Waals surface area contributed by atoms with E-state index >= 15 is 0 Å². The van der Waals surface area contributed by atoms with Gasteiger partial charge in [-0.25, -0.2) is 0 Å². The highest BCUT2D eigenvalue weighted by molar-refractivity contribution is 5.70. The van der Waals surface area contributed by atoms with E-state index in [0.717, 1.165) is 38.8 Å². The van der Waals surface area contributed by atoms with Gasteiger partial charge in [-0.2, -0.15) is 0 Å². The van der Waals surface area contributed by atoms with Gasteiger partial charge < -0.3 is 33.7 Å². The zero-order valence-corrected chi connectivity index (χ0v) is 14.9. The van der Waals surface area contributed by atoms with Crippen molar-refractivity contribution in [2.75, 3.05) is 72.5 Å². The Morgan fingerprint density at radius 2 is 1.36 bits per heavy atom. The van der Waals surface area contributed by atoms with Gasteiger partial charge in [-0.15, -0.1) is 0 Å². The Kier molecular flexibility index (Phi) is 13.4. The molecule has 8 heteroatoms. The molecule has 0 atom stereocenters. The van der Waals surface area contributed by atoms with Crippen molar-refractivity contribution in [1.29, 1.82) is 0 Å². The van der Waals surface area contributed by atoms with Crippen molar-refractivity contribution in [2.24, 2.45) is 5.92 Å². The fourth-order valence-electron chi connectivity index (χ4n) is 2.49. The van der Waals surface area contributed by atoms with Crippen LogP contribution in [0, 0.1) is 5.92 Å². The number of hydrogen-bond acceptors (Lipinski definition) is 7. The molecule has 1 aliphatic rings. The largest absolute Gasteiger partial charge is 0.481 e. The van der Waals surface area contributed by atoms with Crippen LogP contribution < -0.4 is 0 Å². The van der Waals surface area contributed by atoms with Gasteiger partial charge in [0.2, 0.25) is 0 Å². The maximum atomic E-state index is 10.9. The van der Waals surface area contributed by atoms with Gasteiger partial charge in [0.1, 0.15) is 6.29 Å². The van der Waals surface area contributed by atoms with Crippen LogP contribution in [0.2, 0.25) is 0 Å². The first kappa shape index (κ1) is 22.0. The van der Waals surface area contributed by atoms with Crippen molar-refractivity contribution in [3.63, 3.8) is 0 Å². The second-order valence-electron chi connectivity index (χ2n) is 5.86. The number of likely N-dealkylation sites (tertiary alicyclic amines) is 1. The van der Waals surface area contributed by atoms with Crippen molar-refractivity contribution < 1.29 is 33.6 Å². The molecule has 8 nitrogen and oxygen atoms in total. The molecule has 0 aliphatic carbocycles. The van der Waals surface area contributed by atoms with Crippen LogP contribution >= 0.6 is 0 Å². The maximum absolute atomic E-state index is 10.9. The van der Waals surface area contributed by atoms with Gasteiger partial charge in [0.05, 0.1) is 58.8 Å². The second-order valence-corrected chi connectivity index (χ2v) is 5.86. The lowest BCUT2D eigenvalue weighted by atomic mass is 9.97. The predicted molar refractivity (Wildman–Crippen MR) is 90.8 cm³/mol. The standard InChI is InChI=1S/C17H31NO7/c19-7-1-8-22-10-12-24-14-15-25-13-11-23-9-6-18-4-2-16(3-5-18)17(20)21/h7,16H,1-6,8-15H2,(H,20,21). The van der Waals surface area contributed by atoms with Gasteiger partial charge >= 0.3 is 5.97 Å². The Morgan fingerprint density at radius 1 is 0.880 bits per heavy atom. The van der Waals surface area contributed by atoms with Crippen LogP contribution in [-0.2, 0) is 28.5 Å². The molecule has 25 heavy (non-hydrogen) atoms. The molecular formula is C17H31NO7. The first-order chi connectivity index (χ1) is 12.2. The van der Waals surface area contributed by atoms with Crippen LogP contribution in [0.4, 0.5) is 0 Å². The summed E-state index contributed by atoms with van der Waals surface area (Å²) in [6, 6.07) is 0. The van der Waals surface area contributed by atoms with Gasteiger partial charge in [0.15, 0.2) is 0 Å². The summed E-state index contributed by atoms with van der Waals surface area (Å²) in [7, 11) is 0. The number of rotatable bonds is 16. The molecule has 1 N–H and O–H groups in total. The molecule has 0 amide bonds. The lowest BCUT2D eigenvalue weighted by Crippen LogP contribution is -2.38. The van der Waals surface area contributed by atoms with Crippen molar-refractivity contribution in [1.82, 2.24) is 4.90 Å². The van der Waals surface area contributed by atoms with Gasteiger partial charge in [-0.05, 0) is 25.9 Å².